The zero-order chi connectivity index (χ0) is 12.0. The molecule has 2 nitrogen and oxygen atoms in total. The van der Waals surface area contributed by atoms with Crippen molar-refractivity contribution in [3.05, 3.63) is 45.2 Å². The molecule has 2 heteroatoms. The number of hydrogen-bond donors (Lipinski definition) is 1. The topological polar surface area (TPSA) is 32.9 Å². The summed E-state index contributed by atoms with van der Waals surface area (Å²) in [5.41, 5.74) is 4.71. The van der Waals surface area contributed by atoms with E-state index in [4.69, 9.17) is 0 Å². The first-order valence-electron chi connectivity index (χ1n) is 6.35. The number of para-hydroxylation sites is 1. The molecule has 1 aromatic carbocycles. The van der Waals surface area contributed by atoms with Crippen LogP contribution in [0.3, 0.4) is 0 Å². The first kappa shape index (κ1) is 10.6. The number of H-pyrrole nitrogens is 1. The molecule has 0 fully saturated rings. The Morgan fingerprint density at radius 3 is 2.82 bits per heavy atom. The molecule has 1 aliphatic rings. The number of pyridine rings is 1. The fraction of sp³-hybridized carbons (Fsp3) is 0.400. The number of aromatic amines is 1. The second-order valence-electron chi connectivity index (χ2n) is 5.19. The van der Waals surface area contributed by atoms with Crippen molar-refractivity contribution < 1.29 is 0 Å². The van der Waals surface area contributed by atoms with Gasteiger partial charge in [-0.15, -0.1) is 0 Å². The summed E-state index contributed by atoms with van der Waals surface area (Å²) in [4.78, 5) is 15.9. The summed E-state index contributed by atoms with van der Waals surface area (Å²) < 4.78 is 0. The van der Waals surface area contributed by atoms with Gasteiger partial charge in [0.1, 0.15) is 0 Å². The van der Waals surface area contributed by atoms with E-state index in [1.54, 1.807) is 0 Å². The van der Waals surface area contributed by atoms with E-state index in [1.807, 2.05) is 12.1 Å². The molecule has 0 bridgehead atoms. The van der Waals surface area contributed by atoms with Crippen molar-refractivity contribution >= 4 is 10.9 Å². The van der Waals surface area contributed by atoms with Gasteiger partial charge in [-0.05, 0) is 36.8 Å². The maximum Gasteiger partial charge on any atom is 0.192 e. The van der Waals surface area contributed by atoms with E-state index in [0.29, 0.717) is 5.92 Å². The molecule has 0 atom stereocenters. The van der Waals surface area contributed by atoms with Gasteiger partial charge in [-0.1, -0.05) is 26.0 Å². The summed E-state index contributed by atoms with van der Waals surface area (Å²) in [6.07, 6.45) is 3.06. The number of aryl methyl sites for hydroxylation is 1. The van der Waals surface area contributed by atoms with Crippen LogP contribution >= 0.6 is 0 Å². The van der Waals surface area contributed by atoms with Crippen LogP contribution in [0.5, 0.6) is 0 Å². The summed E-state index contributed by atoms with van der Waals surface area (Å²) in [7, 11) is 0. The largest absolute Gasteiger partial charge is 0.358 e. The summed E-state index contributed by atoms with van der Waals surface area (Å²) in [5.74, 6) is 0.439. The smallest absolute Gasteiger partial charge is 0.192 e. The molecule has 3 rings (SSSR count). The minimum atomic E-state index is 0.244. The van der Waals surface area contributed by atoms with Gasteiger partial charge < -0.3 is 4.98 Å². The summed E-state index contributed by atoms with van der Waals surface area (Å²) in [6.45, 7) is 4.33. The van der Waals surface area contributed by atoms with E-state index < -0.39 is 0 Å². The predicted octanol–water partition coefficient (Wildman–Crippen LogP) is 3.14. The summed E-state index contributed by atoms with van der Waals surface area (Å²) in [6, 6.07) is 6.05. The number of hydrogen-bond acceptors (Lipinski definition) is 1. The van der Waals surface area contributed by atoms with Gasteiger partial charge in [0.25, 0.3) is 0 Å². The Bertz CT molecular complexity index is 637. The highest BCUT2D eigenvalue weighted by molar-refractivity contribution is 5.83. The molecule has 17 heavy (non-hydrogen) atoms. The van der Waals surface area contributed by atoms with Gasteiger partial charge in [-0.3, -0.25) is 4.79 Å². The second kappa shape index (κ2) is 3.73. The van der Waals surface area contributed by atoms with Crippen LogP contribution < -0.4 is 5.43 Å². The maximum absolute atomic E-state index is 12.4. The molecule has 1 aromatic heterocycles. The Morgan fingerprint density at radius 1 is 1.24 bits per heavy atom. The predicted molar refractivity (Wildman–Crippen MR) is 70.7 cm³/mol. The van der Waals surface area contributed by atoms with Crippen LogP contribution in [0, 0.1) is 0 Å². The molecule has 0 aliphatic heterocycles. The monoisotopic (exact) mass is 227 g/mol. The third-order valence-electron chi connectivity index (χ3n) is 3.73. The number of fused-ring (bicyclic) bond motifs is 2. The van der Waals surface area contributed by atoms with E-state index in [1.165, 1.54) is 5.56 Å². The maximum atomic E-state index is 12.4. The van der Waals surface area contributed by atoms with Crippen molar-refractivity contribution in [2.24, 2.45) is 0 Å². The summed E-state index contributed by atoms with van der Waals surface area (Å²) >= 11 is 0. The summed E-state index contributed by atoms with van der Waals surface area (Å²) in [5, 5.41) is 0.858. The molecule has 0 spiro atoms. The highest BCUT2D eigenvalue weighted by Crippen LogP contribution is 2.25. The minimum absolute atomic E-state index is 0.244. The van der Waals surface area contributed by atoms with Gasteiger partial charge in [0.15, 0.2) is 5.43 Å². The van der Waals surface area contributed by atoms with Gasteiger partial charge in [0.05, 0.1) is 5.52 Å². The minimum Gasteiger partial charge on any atom is -0.358 e. The number of nitrogens with one attached hydrogen (secondary N) is 1. The molecule has 0 amide bonds. The first-order valence-corrected chi connectivity index (χ1v) is 6.35. The third kappa shape index (κ3) is 1.51. The first-order chi connectivity index (χ1) is 8.18. The van der Waals surface area contributed by atoms with Crippen LogP contribution in [0.15, 0.2) is 23.0 Å². The Kier molecular flexibility index (Phi) is 2.32. The Morgan fingerprint density at radius 2 is 2.06 bits per heavy atom. The van der Waals surface area contributed by atoms with Gasteiger partial charge in [-0.25, -0.2) is 0 Å². The van der Waals surface area contributed by atoms with E-state index in [9.17, 15) is 4.79 Å². The average Bonchev–Trinajstić information content (AvgIpc) is 2.77. The SMILES string of the molecule is CC(C)c1cccc2c(=O)c3c([nH]c12)CCC3. The average molecular weight is 227 g/mol. The molecular formula is C15H17NO. The lowest BCUT2D eigenvalue weighted by atomic mass is 9.98. The van der Waals surface area contributed by atoms with E-state index in [2.05, 4.69) is 24.9 Å². The fourth-order valence-electron chi connectivity index (χ4n) is 2.83. The van der Waals surface area contributed by atoms with Gasteiger partial charge in [-0.2, -0.15) is 0 Å². The van der Waals surface area contributed by atoms with Crippen molar-refractivity contribution in [1.82, 2.24) is 4.98 Å². The van der Waals surface area contributed by atoms with Crippen molar-refractivity contribution in [1.29, 1.82) is 0 Å². The molecule has 1 aliphatic carbocycles. The molecule has 2 aromatic rings. The molecule has 1 heterocycles. The van der Waals surface area contributed by atoms with Gasteiger partial charge in [0.2, 0.25) is 0 Å². The normalized spacial score (nSPS) is 14.5. The quantitative estimate of drug-likeness (QED) is 0.797. The van der Waals surface area contributed by atoms with Crippen LogP contribution in [0.2, 0.25) is 0 Å². The second-order valence-corrected chi connectivity index (χ2v) is 5.19. The van der Waals surface area contributed by atoms with Gasteiger partial charge >= 0.3 is 0 Å². The van der Waals surface area contributed by atoms with E-state index >= 15 is 0 Å². The highest BCUT2D eigenvalue weighted by atomic mass is 16.1. The molecule has 88 valence electrons. The van der Waals surface area contributed by atoms with Crippen molar-refractivity contribution in [3.8, 4) is 0 Å². The lowest BCUT2D eigenvalue weighted by Gasteiger charge is -2.11. The number of rotatable bonds is 1. The van der Waals surface area contributed by atoms with Crippen molar-refractivity contribution in [3.63, 3.8) is 0 Å². The van der Waals surface area contributed by atoms with E-state index in [-0.39, 0.29) is 5.43 Å². The standard InChI is InChI=1S/C15H17NO/c1-9(2)10-5-3-7-12-14(10)16-13-8-4-6-11(13)15(12)17/h3,5,7,9H,4,6,8H2,1-2H3,(H,16,17). The highest BCUT2D eigenvalue weighted by Gasteiger charge is 2.18. The van der Waals surface area contributed by atoms with Gasteiger partial charge in [0, 0.05) is 16.6 Å². The molecule has 0 unspecified atom stereocenters. The zero-order valence-electron chi connectivity index (χ0n) is 10.3. The van der Waals surface area contributed by atoms with Crippen LogP contribution in [0.1, 0.15) is 43.0 Å². The fourth-order valence-corrected chi connectivity index (χ4v) is 2.83. The van der Waals surface area contributed by atoms with Crippen LogP contribution in [0.25, 0.3) is 10.9 Å². The molecule has 0 saturated carbocycles. The number of aromatic nitrogens is 1. The molecule has 0 saturated heterocycles. The lowest BCUT2D eigenvalue weighted by Crippen LogP contribution is -2.11. The lowest BCUT2D eigenvalue weighted by molar-refractivity contribution is 0.869. The van der Waals surface area contributed by atoms with E-state index in [0.717, 1.165) is 41.4 Å². The molecule has 0 radical (unpaired) electrons. The Balaban J connectivity index is 2.43. The molecule has 1 N–H and O–H groups in total. The Labute approximate surface area is 101 Å². The van der Waals surface area contributed by atoms with Crippen LogP contribution in [0.4, 0.5) is 0 Å². The number of benzene rings is 1. The Hall–Kier alpha value is -1.57. The van der Waals surface area contributed by atoms with Crippen molar-refractivity contribution in [2.75, 3.05) is 0 Å². The van der Waals surface area contributed by atoms with Crippen molar-refractivity contribution in [2.45, 2.75) is 39.0 Å². The van der Waals surface area contributed by atoms with Crippen LogP contribution in [-0.2, 0) is 12.8 Å². The van der Waals surface area contributed by atoms with Crippen LogP contribution in [-0.4, -0.2) is 4.98 Å². The zero-order valence-corrected chi connectivity index (χ0v) is 10.3. The molecular weight excluding hydrogens is 210 g/mol. The third-order valence-corrected chi connectivity index (χ3v) is 3.73.